The van der Waals surface area contributed by atoms with Gasteiger partial charge in [-0.2, -0.15) is 0 Å². The molecule has 0 unspecified atom stereocenters. The van der Waals surface area contributed by atoms with Crippen LogP contribution in [0.15, 0.2) is 18.2 Å². The minimum absolute atomic E-state index is 0.0827. The Morgan fingerprint density at radius 3 is 2.77 bits per heavy atom. The molecular weight excluding hydrogens is 178 g/mol. The molecule has 0 amide bonds. The summed E-state index contributed by atoms with van der Waals surface area (Å²) >= 11 is 0. The van der Waals surface area contributed by atoms with Crippen molar-refractivity contribution in [2.75, 3.05) is 0 Å². The average molecular weight is 183 g/mol. The summed E-state index contributed by atoms with van der Waals surface area (Å²) in [6.07, 6.45) is 0. The highest BCUT2D eigenvalue weighted by atomic mass is 16.6. The smallest absolute Gasteiger partial charge is 0.315 e. The molecule has 1 aromatic carbocycles. The van der Waals surface area contributed by atoms with Crippen LogP contribution in [0.5, 0.6) is 11.5 Å². The van der Waals surface area contributed by atoms with Crippen molar-refractivity contribution in [1.82, 2.24) is 0 Å². The zero-order chi connectivity index (χ0) is 9.84. The van der Waals surface area contributed by atoms with Gasteiger partial charge in [0.25, 0.3) is 6.47 Å². The van der Waals surface area contributed by atoms with Gasteiger partial charge in [-0.15, -0.1) is 0 Å². The molecule has 6 heteroatoms. The number of carbonyl (C=O) groups excluding carboxylic acids is 1. The van der Waals surface area contributed by atoms with E-state index >= 15 is 0 Å². The SMILES string of the molecule is O=COc1ccc(O)cc1[N+](=O)[O-]. The van der Waals surface area contributed by atoms with Crippen LogP contribution in [0.4, 0.5) is 5.69 Å². The van der Waals surface area contributed by atoms with Gasteiger partial charge in [0, 0.05) is 0 Å². The number of phenols is 1. The summed E-state index contributed by atoms with van der Waals surface area (Å²) in [7, 11) is 0. The summed E-state index contributed by atoms with van der Waals surface area (Å²) in [6, 6.07) is 3.23. The van der Waals surface area contributed by atoms with Gasteiger partial charge >= 0.3 is 5.69 Å². The maximum absolute atomic E-state index is 10.3. The van der Waals surface area contributed by atoms with Gasteiger partial charge in [0.1, 0.15) is 5.75 Å². The van der Waals surface area contributed by atoms with Crippen LogP contribution in [-0.2, 0) is 4.79 Å². The second-order valence-electron chi connectivity index (χ2n) is 2.12. The highest BCUT2D eigenvalue weighted by Crippen LogP contribution is 2.29. The predicted molar refractivity (Wildman–Crippen MR) is 41.5 cm³/mol. The number of carbonyl (C=O) groups is 1. The van der Waals surface area contributed by atoms with Crippen LogP contribution in [0.3, 0.4) is 0 Å². The topological polar surface area (TPSA) is 89.7 Å². The minimum atomic E-state index is -0.751. The van der Waals surface area contributed by atoms with Gasteiger partial charge in [-0.25, -0.2) is 0 Å². The minimum Gasteiger partial charge on any atom is -0.508 e. The molecule has 0 aromatic heterocycles. The van der Waals surface area contributed by atoms with Crippen LogP contribution in [0.1, 0.15) is 0 Å². The molecule has 1 N–H and O–H groups in total. The molecule has 1 rings (SSSR count). The Morgan fingerprint density at radius 1 is 1.54 bits per heavy atom. The Morgan fingerprint density at radius 2 is 2.23 bits per heavy atom. The van der Waals surface area contributed by atoms with E-state index in [0.29, 0.717) is 0 Å². The molecule has 68 valence electrons. The summed E-state index contributed by atoms with van der Waals surface area (Å²) < 4.78 is 4.32. The van der Waals surface area contributed by atoms with Crippen molar-refractivity contribution >= 4 is 12.2 Å². The Bertz CT molecular complexity index is 349. The highest BCUT2D eigenvalue weighted by molar-refractivity contribution is 5.56. The van der Waals surface area contributed by atoms with E-state index in [-0.39, 0.29) is 18.0 Å². The fourth-order valence-corrected chi connectivity index (χ4v) is 0.800. The van der Waals surface area contributed by atoms with E-state index < -0.39 is 10.6 Å². The Hall–Kier alpha value is -2.11. The molecule has 0 bridgehead atoms. The predicted octanol–water partition coefficient (Wildman–Crippen LogP) is 0.836. The first-order chi connectivity index (χ1) is 6.15. The lowest BCUT2D eigenvalue weighted by Gasteiger charge is -1.99. The Kier molecular flexibility index (Phi) is 2.44. The van der Waals surface area contributed by atoms with Gasteiger partial charge < -0.3 is 9.84 Å². The molecule has 1 aromatic rings. The number of hydrogen-bond acceptors (Lipinski definition) is 5. The zero-order valence-electron chi connectivity index (χ0n) is 6.34. The summed E-state index contributed by atoms with van der Waals surface area (Å²) in [5, 5.41) is 19.3. The summed E-state index contributed by atoms with van der Waals surface area (Å²) in [5.74, 6) is -0.456. The lowest BCUT2D eigenvalue weighted by Crippen LogP contribution is -1.95. The number of benzene rings is 1. The van der Waals surface area contributed by atoms with E-state index in [9.17, 15) is 14.9 Å². The van der Waals surface area contributed by atoms with Crippen molar-refractivity contribution in [3.63, 3.8) is 0 Å². The first-order valence-corrected chi connectivity index (χ1v) is 3.23. The molecule has 6 nitrogen and oxygen atoms in total. The van der Waals surface area contributed by atoms with E-state index in [0.717, 1.165) is 12.1 Å². The number of nitro groups is 1. The van der Waals surface area contributed by atoms with Crippen molar-refractivity contribution in [3.8, 4) is 11.5 Å². The third-order valence-electron chi connectivity index (χ3n) is 1.31. The molecule has 0 fully saturated rings. The van der Waals surface area contributed by atoms with Crippen LogP contribution in [-0.4, -0.2) is 16.5 Å². The maximum atomic E-state index is 10.3. The maximum Gasteiger partial charge on any atom is 0.315 e. The molecular formula is C7H5NO5. The lowest BCUT2D eigenvalue weighted by molar-refractivity contribution is -0.385. The van der Waals surface area contributed by atoms with Crippen molar-refractivity contribution < 1.29 is 19.6 Å². The fourth-order valence-electron chi connectivity index (χ4n) is 0.800. The van der Waals surface area contributed by atoms with E-state index in [1.54, 1.807) is 0 Å². The van der Waals surface area contributed by atoms with Crippen LogP contribution in [0, 0.1) is 10.1 Å². The van der Waals surface area contributed by atoms with E-state index in [2.05, 4.69) is 4.74 Å². The second-order valence-corrected chi connectivity index (χ2v) is 2.12. The van der Waals surface area contributed by atoms with Gasteiger partial charge in [-0.3, -0.25) is 14.9 Å². The first kappa shape index (κ1) is 8.98. The molecule has 0 saturated carbocycles. The van der Waals surface area contributed by atoms with Gasteiger partial charge in [0.2, 0.25) is 5.75 Å². The molecule has 0 aliphatic carbocycles. The lowest BCUT2D eigenvalue weighted by atomic mass is 10.3. The number of phenolic OH excluding ortho intramolecular Hbond substituents is 1. The van der Waals surface area contributed by atoms with Crippen LogP contribution >= 0.6 is 0 Å². The molecule has 0 spiro atoms. The molecule has 13 heavy (non-hydrogen) atoms. The summed E-state index contributed by atoms with van der Waals surface area (Å²) in [4.78, 5) is 19.5. The van der Waals surface area contributed by atoms with Crippen LogP contribution < -0.4 is 4.74 Å². The third-order valence-corrected chi connectivity index (χ3v) is 1.31. The zero-order valence-corrected chi connectivity index (χ0v) is 6.34. The summed E-state index contributed by atoms with van der Waals surface area (Å²) in [6.45, 7) is 0.0827. The molecule has 0 aliphatic rings. The highest BCUT2D eigenvalue weighted by Gasteiger charge is 2.15. The number of hydrogen-bond donors (Lipinski definition) is 1. The quantitative estimate of drug-likeness (QED) is 0.426. The molecule has 0 saturated heterocycles. The number of nitrogens with zero attached hydrogens (tertiary/aromatic N) is 1. The van der Waals surface area contributed by atoms with Gasteiger partial charge in [-0.1, -0.05) is 0 Å². The van der Waals surface area contributed by atoms with Crippen LogP contribution in [0.25, 0.3) is 0 Å². The van der Waals surface area contributed by atoms with Crippen molar-refractivity contribution in [1.29, 1.82) is 0 Å². The van der Waals surface area contributed by atoms with E-state index in [4.69, 9.17) is 5.11 Å². The van der Waals surface area contributed by atoms with Crippen molar-refractivity contribution in [3.05, 3.63) is 28.3 Å². The monoisotopic (exact) mass is 183 g/mol. The van der Waals surface area contributed by atoms with Crippen LogP contribution in [0.2, 0.25) is 0 Å². The largest absolute Gasteiger partial charge is 0.508 e. The number of rotatable bonds is 3. The molecule has 0 radical (unpaired) electrons. The normalized spacial score (nSPS) is 9.23. The number of nitro benzene ring substituents is 1. The van der Waals surface area contributed by atoms with Gasteiger partial charge in [0.15, 0.2) is 0 Å². The Balaban J connectivity index is 3.17. The number of ether oxygens (including phenoxy) is 1. The van der Waals surface area contributed by atoms with Gasteiger partial charge in [-0.05, 0) is 12.1 Å². The fraction of sp³-hybridized carbons (Fsp3) is 0. The standard InChI is InChI=1S/C7H5NO5/c9-4-13-7-2-1-5(10)3-6(7)8(11)12/h1-4,10H. The van der Waals surface area contributed by atoms with Crippen molar-refractivity contribution in [2.24, 2.45) is 0 Å². The summed E-state index contributed by atoms with van der Waals surface area (Å²) in [5.41, 5.74) is -0.452. The third kappa shape index (κ3) is 1.92. The average Bonchev–Trinajstić information content (AvgIpc) is 2.08. The van der Waals surface area contributed by atoms with E-state index in [1.165, 1.54) is 6.07 Å². The first-order valence-electron chi connectivity index (χ1n) is 3.23. The van der Waals surface area contributed by atoms with Crippen molar-refractivity contribution in [2.45, 2.75) is 0 Å². The molecule has 0 heterocycles. The Labute approximate surface area is 72.5 Å². The van der Waals surface area contributed by atoms with Gasteiger partial charge in [0.05, 0.1) is 11.0 Å². The molecule has 0 aliphatic heterocycles. The molecule has 0 atom stereocenters. The number of aromatic hydroxyl groups is 1. The van der Waals surface area contributed by atoms with E-state index in [1.807, 2.05) is 0 Å². The second kappa shape index (κ2) is 3.53.